The van der Waals surface area contributed by atoms with Crippen LogP contribution in [-0.2, 0) is 16.0 Å². The van der Waals surface area contributed by atoms with Crippen molar-refractivity contribution in [3.05, 3.63) is 91.9 Å². The Hall–Kier alpha value is -2.72. The molecule has 0 aliphatic heterocycles. The third kappa shape index (κ3) is 10.8. The molecule has 1 aromatic carbocycles. The average molecular weight is 815 g/mol. The predicted octanol–water partition coefficient (Wildman–Crippen LogP) is 13.6. The van der Waals surface area contributed by atoms with Gasteiger partial charge in [0.2, 0.25) is 0 Å². The van der Waals surface area contributed by atoms with Gasteiger partial charge in [-0.2, -0.15) is 0 Å². The SMILES string of the molecule is C=C=C(NC(C=C)Cc1ccccc1)C12CCCC1C1(N)CCC3C4(C)CCC(OC)C(C)(C)C4CCC3(C)C1CC2.C=CC.C=CCC(C)(C)C=O.CC1CC1.CF. The highest BCUT2D eigenvalue weighted by Gasteiger charge is 2.70. The number of halogens is 1. The van der Waals surface area contributed by atoms with E-state index in [9.17, 15) is 9.18 Å². The van der Waals surface area contributed by atoms with Gasteiger partial charge in [-0.1, -0.05) is 123 Å². The van der Waals surface area contributed by atoms with E-state index in [1.165, 1.54) is 94.7 Å². The summed E-state index contributed by atoms with van der Waals surface area (Å²) in [6.07, 6.45) is 25.3. The summed E-state index contributed by atoms with van der Waals surface area (Å²) in [7, 11) is 2.43. The molecule has 0 saturated heterocycles. The molecule has 3 N–H and O–H groups in total. The maximum absolute atomic E-state index is 10.2. The zero-order valence-corrected chi connectivity index (χ0v) is 39.4. The molecule has 6 aliphatic carbocycles. The van der Waals surface area contributed by atoms with Crippen LogP contribution in [0.15, 0.2) is 86.3 Å². The summed E-state index contributed by atoms with van der Waals surface area (Å²) < 4.78 is 15.6. The summed E-state index contributed by atoms with van der Waals surface area (Å²) >= 11 is 0. The van der Waals surface area contributed by atoms with Gasteiger partial charge in [-0.3, -0.25) is 4.39 Å². The van der Waals surface area contributed by atoms with E-state index in [-0.39, 0.29) is 27.8 Å². The fourth-order valence-electron chi connectivity index (χ4n) is 13.4. The molecule has 0 aromatic heterocycles. The smallest absolute Gasteiger partial charge is 0.125 e. The van der Waals surface area contributed by atoms with E-state index in [0.29, 0.717) is 35.9 Å². The van der Waals surface area contributed by atoms with Crippen molar-refractivity contribution in [3.8, 4) is 0 Å². The van der Waals surface area contributed by atoms with Crippen LogP contribution in [0.2, 0.25) is 0 Å². The van der Waals surface area contributed by atoms with Crippen molar-refractivity contribution in [2.45, 2.75) is 169 Å². The second kappa shape index (κ2) is 21.4. The molecule has 0 bridgehead atoms. The Morgan fingerprint density at radius 1 is 0.898 bits per heavy atom. The summed E-state index contributed by atoms with van der Waals surface area (Å²) in [5.74, 6) is 3.64. The normalized spacial score (nSPS) is 35.2. The molecule has 6 saturated carbocycles. The highest BCUT2D eigenvalue weighted by atomic mass is 19.1. The zero-order valence-electron chi connectivity index (χ0n) is 39.4. The summed E-state index contributed by atoms with van der Waals surface area (Å²) in [6.45, 7) is 33.7. The maximum Gasteiger partial charge on any atom is 0.125 e. The van der Waals surface area contributed by atoms with Crippen LogP contribution in [0.4, 0.5) is 4.39 Å². The molecule has 1 aromatic rings. The van der Waals surface area contributed by atoms with Crippen molar-refractivity contribution in [2.24, 2.45) is 62.4 Å². The Bertz CT molecular complexity index is 1560. The lowest BCUT2D eigenvalue weighted by Gasteiger charge is -2.71. The van der Waals surface area contributed by atoms with Crippen molar-refractivity contribution in [1.29, 1.82) is 0 Å². The van der Waals surface area contributed by atoms with Gasteiger partial charge >= 0.3 is 0 Å². The van der Waals surface area contributed by atoms with Crippen molar-refractivity contribution in [2.75, 3.05) is 14.3 Å². The number of nitrogens with one attached hydrogen (secondary N) is 1. The van der Waals surface area contributed by atoms with Crippen LogP contribution in [0, 0.1) is 56.7 Å². The van der Waals surface area contributed by atoms with Crippen molar-refractivity contribution >= 4 is 6.29 Å². The van der Waals surface area contributed by atoms with Gasteiger partial charge in [0.15, 0.2) is 0 Å². The minimum atomic E-state index is -0.207. The van der Waals surface area contributed by atoms with Gasteiger partial charge in [-0.25, -0.2) is 0 Å². The summed E-state index contributed by atoms with van der Waals surface area (Å²) in [5, 5.41) is 3.93. The lowest BCUT2D eigenvalue weighted by Crippen LogP contribution is -2.71. The highest BCUT2D eigenvalue weighted by molar-refractivity contribution is 5.58. The molecule has 10 atom stereocenters. The molecule has 10 unspecified atom stereocenters. The first-order valence-corrected chi connectivity index (χ1v) is 23.1. The second-order valence-electron chi connectivity index (χ2n) is 21.0. The molecule has 7 rings (SSSR count). The summed E-state index contributed by atoms with van der Waals surface area (Å²) in [5.41, 5.74) is 14.6. The number of alkyl halides is 1. The lowest BCUT2D eigenvalue weighted by atomic mass is 9.35. The van der Waals surface area contributed by atoms with Gasteiger partial charge < -0.3 is 20.6 Å². The van der Waals surface area contributed by atoms with Gasteiger partial charge in [0, 0.05) is 29.5 Å². The van der Waals surface area contributed by atoms with Crippen molar-refractivity contribution in [3.63, 3.8) is 0 Å². The molecule has 0 spiro atoms. The van der Waals surface area contributed by atoms with Gasteiger partial charge in [0.25, 0.3) is 0 Å². The molecule has 332 valence electrons. The summed E-state index contributed by atoms with van der Waals surface area (Å²) in [4.78, 5) is 10.2. The Morgan fingerprint density at radius 3 is 1.97 bits per heavy atom. The lowest BCUT2D eigenvalue weighted by molar-refractivity contribution is -0.220. The molecule has 0 amide bonds. The number of methoxy groups -OCH3 is 1. The Labute approximate surface area is 362 Å². The molecule has 4 nitrogen and oxygen atoms in total. The van der Waals surface area contributed by atoms with Crippen LogP contribution < -0.4 is 11.1 Å². The van der Waals surface area contributed by atoms with Gasteiger partial charge in [0.1, 0.15) is 6.29 Å². The molecule has 0 heterocycles. The minimum absolute atomic E-state index is 0.0633. The number of carbonyl (C=O) groups is 1. The standard InChI is InChI=1S/C39H58N2O.C7H12O.C4H8.C3H6.CH3F/c1-8-28(26-27-14-11-10-12-15-27)41-33(9-2)38-21-13-16-32(38)39(40)25-19-30-36(5)23-20-34(42-7)35(3,4)29(36)17-22-37(30,6)31(39)18-24-38;1-4-5-7(2,3)6-8;1-4-2-3-4;1-3-2;1-2/h8,10-12,14-15,28-32,34,41H,1-2,13,16-26,40H2,3-7H3;4,6H,1,5H2,2-3H3;4H,2-3H2,1H3;3H,1H2,2H3;1H3. The molecule has 59 heavy (non-hydrogen) atoms. The number of hydrogen-bond donors (Lipinski definition) is 2. The number of nitrogens with two attached hydrogens (primary N) is 1. The van der Waals surface area contributed by atoms with E-state index in [1.54, 1.807) is 12.2 Å². The van der Waals surface area contributed by atoms with E-state index in [0.717, 1.165) is 36.9 Å². The topological polar surface area (TPSA) is 64.3 Å². The Kier molecular flexibility index (Phi) is 18.3. The molecule has 6 fully saturated rings. The average Bonchev–Trinajstić information content (AvgIpc) is 3.86. The van der Waals surface area contributed by atoms with Crippen LogP contribution >= 0.6 is 0 Å². The molecule has 0 radical (unpaired) electrons. The maximum atomic E-state index is 10.2. The highest BCUT2D eigenvalue weighted by Crippen LogP contribution is 2.74. The van der Waals surface area contributed by atoms with Gasteiger partial charge in [-0.05, 0) is 135 Å². The molecular weight excluding hydrogens is 728 g/mol. The van der Waals surface area contributed by atoms with E-state index >= 15 is 0 Å². The van der Waals surface area contributed by atoms with Crippen molar-refractivity contribution in [1.82, 2.24) is 5.32 Å². The monoisotopic (exact) mass is 815 g/mol. The number of allylic oxidation sites excluding steroid dienone is 3. The first-order chi connectivity index (χ1) is 27.9. The molecular formula is C54H87FN2O2. The number of rotatable bonds is 10. The number of fused-ring (bicyclic) bond motifs is 7. The predicted molar refractivity (Wildman–Crippen MR) is 251 cm³/mol. The Balaban J connectivity index is 0.000000462. The van der Waals surface area contributed by atoms with Crippen LogP contribution in [0.25, 0.3) is 0 Å². The largest absolute Gasteiger partial charge is 0.381 e. The molecule has 6 aliphatic rings. The Morgan fingerprint density at radius 2 is 1.46 bits per heavy atom. The van der Waals surface area contributed by atoms with Crippen LogP contribution in [-0.4, -0.2) is 38.3 Å². The second-order valence-corrected chi connectivity index (χ2v) is 21.0. The molecule has 5 heteroatoms. The number of aldehydes is 1. The summed E-state index contributed by atoms with van der Waals surface area (Å²) in [6, 6.07) is 10.9. The third-order valence-electron chi connectivity index (χ3n) is 16.4. The first kappa shape index (κ1) is 50.6. The number of ether oxygens (including phenoxy) is 1. The fraction of sp³-hybridized carbons (Fsp3) is 0.704. The third-order valence-corrected chi connectivity index (χ3v) is 16.4. The number of benzene rings is 1. The fourth-order valence-corrected chi connectivity index (χ4v) is 13.4. The van der Waals surface area contributed by atoms with Crippen molar-refractivity contribution < 1.29 is 13.9 Å². The van der Waals surface area contributed by atoms with E-state index in [4.69, 9.17) is 10.5 Å². The number of carbonyl (C=O) groups excluding carboxylic acids is 1. The van der Waals surface area contributed by atoms with Crippen LogP contribution in [0.3, 0.4) is 0 Å². The number of hydrogen-bond acceptors (Lipinski definition) is 4. The van der Waals surface area contributed by atoms with Gasteiger partial charge in [-0.15, -0.1) is 25.5 Å². The van der Waals surface area contributed by atoms with E-state index < -0.39 is 0 Å². The quantitative estimate of drug-likeness (QED) is 0.140. The van der Waals surface area contributed by atoms with Crippen LogP contribution in [0.1, 0.15) is 151 Å². The minimum Gasteiger partial charge on any atom is -0.381 e. The first-order valence-electron chi connectivity index (χ1n) is 23.1. The zero-order chi connectivity index (χ0) is 44.3. The van der Waals surface area contributed by atoms with Crippen LogP contribution in [0.5, 0.6) is 0 Å². The van der Waals surface area contributed by atoms with E-state index in [2.05, 4.69) is 108 Å². The van der Waals surface area contributed by atoms with Gasteiger partial charge in [0.05, 0.1) is 19.0 Å². The van der Waals surface area contributed by atoms with E-state index in [1.807, 2.05) is 27.9 Å².